The number of nitrogens with zero attached hydrogens (tertiary/aromatic N) is 1. The highest BCUT2D eigenvalue weighted by Gasteiger charge is 2.39. The number of fused-ring (bicyclic) bond motifs is 1. The van der Waals surface area contributed by atoms with Crippen molar-refractivity contribution in [3.63, 3.8) is 0 Å². The quantitative estimate of drug-likeness (QED) is 0.483. The van der Waals surface area contributed by atoms with Crippen molar-refractivity contribution in [3.8, 4) is 0 Å². The van der Waals surface area contributed by atoms with Crippen LogP contribution in [0.25, 0.3) is 10.9 Å². The van der Waals surface area contributed by atoms with E-state index in [0.717, 1.165) is 6.07 Å². The molecule has 1 heterocycles. The van der Waals surface area contributed by atoms with Crippen LogP contribution in [0.2, 0.25) is 0 Å². The van der Waals surface area contributed by atoms with Gasteiger partial charge in [0.25, 0.3) is 5.69 Å². The standard InChI is InChI=1S/C14H15F3N2O4S/c1-13(20,3-4-24(2)23)12-6-8-5-11(19(21)22)9(14(15,16)17)7-10(8)18-12/h5-7,18,20H,3-4H2,1-2H3. The van der Waals surface area contributed by atoms with Crippen molar-refractivity contribution in [1.29, 1.82) is 0 Å². The predicted molar refractivity (Wildman–Crippen MR) is 83.1 cm³/mol. The lowest BCUT2D eigenvalue weighted by molar-refractivity contribution is -0.387. The Hall–Kier alpha value is -1.78. The van der Waals surface area contributed by atoms with Crippen LogP contribution in [-0.2, 0) is 23.0 Å². The first-order valence-corrected chi connectivity index (χ1v) is 8.56. The number of H-pyrrole nitrogens is 1. The highest BCUT2D eigenvalue weighted by Crippen LogP contribution is 2.39. The minimum atomic E-state index is -4.87. The van der Waals surface area contributed by atoms with Gasteiger partial charge in [-0.05, 0) is 19.1 Å². The van der Waals surface area contributed by atoms with E-state index in [9.17, 15) is 32.9 Å². The van der Waals surface area contributed by atoms with Crippen LogP contribution in [-0.4, -0.2) is 31.6 Å². The molecule has 0 saturated carbocycles. The van der Waals surface area contributed by atoms with Crippen LogP contribution in [0.15, 0.2) is 18.2 Å². The fourth-order valence-corrected chi connectivity index (χ4v) is 3.00. The van der Waals surface area contributed by atoms with E-state index in [1.54, 1.807) is 0 Å². The Bertz CT molecular complexity index is 771. The van der Waals surface area contributed by atoms with Gasteiger partial charge in [0.15, 0.2) is 0 Å². The molecule has 2 aromatic rings. The number of rotatable bonds is 5. The molecule has 0 spiro atoms. The summed E-state index contributed by atoms with van der Waals surface area (Å²) < 4.78 is 50.1. The van der Waals surface area contributed by atoms with Gasteiger partial charge >= 0.3 is 6.18 Å². The summed E-state index contributed by atoms with van der Waals surface area (Å²) in [6.07, 6.45) is -3.28. The van der Waals surface area contributed by atoms with Gasteiger partial charge in [0.1, 0.15) is 16.9 Å². The number of hydrogen-bond donors (Lipinski definition) is 2. The third kappa shape index (κ3) is 3.82. The number of alkyl halides is 3. The maximum atomic E-state index is 13.0. The van der Waals surface area contributed by atoms with Gasteiger partial charge in [-0.25, -0.2) is 0 Å². The van der Waals surface area contributed by atoms with Crippen molar-refractivity contribution in [1.82, 2.24) is 4.98 Å². The number of benzene rings is 1. The van der Waals surface area contributed by atoms with Crippen molar-refractivity contribution in [3.05, 3.63) is 39.6 Å². The van der Waals surface area contributed by atoms with Gasteiger partial charge in [-0.3, -0.25) is 10.1 Å². The molecule has 132 valence electrons. The minimum absolute atomic E-state index is 0.0285. The molecule has 10 heteroatoms. The number of aromatic amines is 1. The first-order valence-electron chi connectivity index (χ1n) is 6.83. The second kappa shape index (κ2) is 6.26. The monoisotopic (exact) mass is 364 g/mol. The predicted octanol–water partition coefficient (Wildman–Crippen LogP) is 3.07. The van der Waals surface area contributed by atoms with E-state index in [-0.39, 0.29) is 28.8 Å². The Morgan fingerprint density at radius 1 is 1.33 bits per heavy atom. The molecule has 0 saturated heterocycles. The van der Waals surface area contributed by atoms with Crippen molar-refractivity contribution in [2.75, 3.05) is 12.0 Å². The summed E-state index contributed by atoms with van der Waals surface area (Å²) in [5, 5.41) is 21.5. The van der Waals surface area contributed by atoms with Gasteiger partial charge in [0.2, 0.25) is 0 Å². The SMILES string of the molecule is C[S+]([O-])CCC(C)(O)c1cc2cc([N+](=O)[O-])c(C(F)(F)F)cc2[nH]1. The summed E-state index contributed by atoms with van der Waals surface area (Å²) in [6, 6.07) is 2.85. The number of aliphatic hydroxyl groups is 1. The molecular formula is C14H15F3N2O4S. The van der Waals surface area contributed by atoms with Gasteiger partial charge in [0.05, 0.1) is 11.2 Å². The maximum Gasteiger partial charge on any atom is 0.423 e. The van der Waals surface area contributed by atoms with Crippen molar-refractivity contribution >= 4 is 27.8 Å². The smallest absolute Gasteiger partial charge is 0.423 e. The van der Waals surface area contributed by atoms with E-state index in [4.69, 9.17) is 0 Å². The summed E-state index contributed by atoms with van der Waals surface area (Å²) in [5.74, 6) is 0.205. The average Bonchev–Trinajstić information content (AvgIpc) is 2.86. The molecule has 2 unspecified atom stereocenters. The van der Waals surface area contributed by atoms with Crippen LogP contribution >= 0.6 is 0 Å². The Kier molecular flexibility index (Phi) is 4.84. The maximum absolute atomic E-state index is 13.0. The van der Waals surface area contributed by atoms with Gasteiger partial charge in [-0.2, -0.15) is 13.2 Å². The molecule has 0 bridgehead atoms. The Labute approximate surface area is 138 Å². The molecule has 24 heavy (non-hydrogen) atoms. The lowest BCUT2D eigenvalue weighted by Crippen LogP contribution is -2.25. The molecule has 2 N–H and O–H groups in total. The summed E-state index contributed by atoms with van der Waals surface area (Å²) in [5.41, 5.74) is -3.62. The van der Waals surface area contributed by atoms with Crippen molar-refractivity contribution in [2.24, 2.45) is 0 Å². The fourth-order valence-electron chi connectivity index (χ4n) is 2.31. The summed E-state index contributed by atoms with van der Waals surface area (Å²) >= 11 is -1.14. The normalized spacial score (nSPS) is 16.1. The Morgan fingerprint density at radius 2 is 1.96 bits per heavy atom. The zero-order valence-electron chi connectivity index (χ0n) is 12.8. The van der Waals surface area contributed by atoms with Crippen LogP contribution in [0, 0.1) is 10.1 Å². The van der Waals surface area contributed by atoms with E-state index in [1.807, 2.05) is 0 Å². The van der Waals surface area contributed by atoms with E-state index >= 15 is 0 Å². The van der Waals surface area contributed by atoms with Gasteiger partial charge in [-0.15, -0.1) is 0 Å². The zero-order valence-corrected chi connectivity index (χ0v) is 13.6. The fraction of sp³-hybridized carbons (Fsp3) is 0.429. The first-order chi connectivity index (χ1) is 10.9. The lowest BCUT2D eigenvalue weighted by Gasteiger charge is -2.21. The summed E-state index contributed by atoms with van der Waals surface area (Å²) in [7, 11) is 0. The van der Waals surface area contributed by atoms with Gasteiger partial charge in [-0.1, -0.05) is 11.2 Å². The van der Waals surface area contributed by atoms with E-state index in [1.165, 1.54) is 19.2 Å². The van der Waals surface area contributed by atoms with E-state index in [2.05, 4.69) is 4.98 Å². The molecule has 0 aliphatic carbocycles. The Morgan fingerprint density at radius 3 is 2.46 bits per heavy atom. The summed E-state index contributed by atoms with van der Waals surface area (Å²) in [4.78, 5) is 12.5. The molecule has 6 nitrogen and oxygen atoms in total. The third-order valence-electron chi connectivity index (χ3n) is 3.70. The molecule has 1 aromatic carbocycles. The highest BCUT2D eigenvalue weighted by atomic mass is 32.2. The second-order valence-corrected chi connectivity index (χ2v) is 7.25. The molecule has 2 atom stereocenters. The topological polar surface area (TPSA) is 102 Å². The van der Waals surface area contributed by atoms with E-state index < -0.39 is 39.1 Å². The second-order valence-electron chi connectivity index (χ2n) is 5.70. The summed E-state index contributed by atoms with van der Waals surface area (Å²) in [6.45, 7) is 1.43. The molecule has 0 radical (unpaired) electrons. The van der Waals surface area contributed by atoms with Crippen LogP contribution in [0.4, 0.5) is 18.9 Å². The molecule has 0 amide bonds. The largest absolute Gasteiger partial charge is 0.617 e. The average molecular weight is 364 g/mol. The number of nitrogens with one attached hydrogen (secondary N) is 1. The van der Waals surface area contributed by atoms with Gasteiger partial charge in [0, 0.05) is 29.1 Å². The van der Waals surface area contributed by atoms with Crippen LogP contribution in [0.5, 0.6) is 0 Å². The molecule has 1 aromatic heterocycles. The number of aromatic nitrogens is 1. The molecule has 0 aliphatic rings. The number of nitro groups is 1. The lowest BCUT2D eigenvalue weighted by atomic mass is 9.99. The van der Waals surface area contributed by atoms with Crippen molar-refractivity contribution in [2.45, 2.75) is 25.1 Å². The number of nitro benzene ring substituents is 1. The zero-order chi connectivity index (χ0) is 18.3. The number of hydrogen-bond acceptors (Lipinski definition) is 4. The molecule has 0 aliphatic heterocycles. The minimum Gasteiger partial charge on any atom is -0.617 e. The van der Waals surface area contributed by atoms with E-state index in [0.29, 0.717) is 6.07 Å². The third-order valence-corrected chi connectivity index (χ3v) is 4.47. The van der Waals surface area contributed by atoms with Crippen LogP contribution < -0.4 is 0 Å². The van der Waals surface area contributed by atoms with Crippen LogP contribution in [0.3, 0.4) is 0 Å². The van der Waals surface area contributed by atoms with Crippen LogP contribution in [0.1, 0.15) is 24.6 Å². The van der Waals surface area contributed by atoms with Gasteiger partial charge < -0.3 is 14.6 Å². The molecule has 2 rings (SSSR count). The number of halogens is 3. The van der Waals surface area contributed by atoms with Crippen molar-refractivity contribution < 1.29 is 27.8 Å². The molecule has 0 fully saturated rings. The highest BCUT2D eigenvalue weighted by molar-refractivity contribution is 7.90. The first kappa shape index (κ1) is 18.6. The molecular weight excluding hydrogens is 349 g/mol. The Balaban J connectivity index is 2.53.